The Hall–Kier alpha value is -1.98. The van der Waals surface area contributed by atoms with Gasteiger partial charge in [-0.15, -0.1) is 0 Å². The first kappa shape index (κ1) is 14.0. The number of benzene rings is 1. The van der Waals surface area contributed by atoms with E-state index in [4.69, 9.17) is 0 Å². The maximum atomic E-state index is 12.5. The van der Waals surface area contributed by atoms with Crippen LogP contribution in [0.3, 0.4) is 0 Å². The van der Waals surface area contributed by atoms with Crippen LogP contribution in [0.4, 0.5) is 5.69 Å². The Kier molecular flexibility index (Phi) is 4.13. The molecule has 0 aliphatic carbocycles. The highest BCUT2D eigenvalue weighted by molar-refractivity contribution is 6.02. The molecule has 1 amide bonds. The van der Waals surface area contributed by atoms with Crippen LogP contribution >= 0.6 is 0 Å². The van der Waals surface area contributed by atoms with Crippen molar-refractivity contribution >= 4 is 22.5 Å². The van der Waals surface area contributed by atoms with Crippen molar-refractivity contribution in [1.29, 1.82) is 0 Å². The normalized spacial score (nSPS) is 17.6. The van der Waals surface area contributed by atoms with Crippen LogP contribution in [0.1, 0.15) is 6.92 Å². The number of nitrogens with zero attached hydrogens (tertiary/aromatic N) is 2. The maximum absolute atomic E-state index is 12.5. The molecule has 2 aromatic rings. The van der Waals surface area contributed by atoms with Crippen molar-refractivity contribution in [2.24, 2.45) is 0 Å². The number of pyridine rings is 1. The number of aromatic nitrogens is 1. The van der Waals surface area contributed by atoms with Crippen LogP contribution in [0.2, 0.25) is 0 Å². The molecular weight excluding hydrogens is 264 g/mol. The molecule has 1 aromatic heterocycles. The molecule has 0 saturated carbocycles. The predicted molar refractivity (Wildman–Crippen MR) is 84.3 cm³/mol. The molecule has 1 aliphatic rings. The van der Waals surface area contributed by atoms with Crippen LogP contribution in [0.5, 0.6) is 0 Å². The third kappa shape index (κ3) is 3.04. The van der Waals surface area contributed by atoms with Gasteiger partial charge in [-0.3, -0.25) is 14.7 Å². The second-order valence-electron chi connectivity index (χ2n) is 5.33. The fraction of sp³-hybridized carbons (Fsp3) is 0.375. The summed E-state index contributed by atoms with van der Waals surface area (Å²) < 4.78 is 0. The zero-order valence-corrected chi connectivity index (χ0v) is 12.2. The van der Waals surface area contributed by atoms with Crippen molar-refractivity contribution in [3.63, 3.8) is 0 Å². The summed E-state index contributed by atoms with van der Waals surface area (Å²) >= 11 is 0. The Bertz CT molecular complexity index is 632. The first-order valence-electron chi connectivity index (χ1n) is 7.35. The first-order chi connectivity index (χ1) is 10.3. The zero-order chi connectivity index (χ0) is 14.7. The van der Waals surface area contributed by atoms with Crippen molar-refractivity contribution < 1.29 is 4.79 Å². The number of hydrogen-bond acceptors (Lipinski definition) is 4. The lowest BCUT2D eigenvalue weighted by molar-refractivity contribution is -0.120. The number of piperazine rings is 1. The van der Waals surface area contributed by atoms with E-state index in [0.717, 1.165) is 42.8 Å². The van der Waals surface area contributed by atoms with Crippen LogP contribution in [0.15, 0.2) is 36.5 Å². The Balaban J connectivity index is 1.76. The number of amides is 1. The number of hydrogen-bond donors (Lipinski definition) is 2. The number of nitrogens with one attached hydrogen (secondary N) is 2. The largest absolute Gasteiger partial charge is 0.323 e. The summed E-state index contributed by atoms with van der Waals surface area (Å²) in [4.78, 5) is 19.0. The third-order valence-corrected chi connectivity index (χ3v) is 3.97. The monoisotopic (exact) mass is 284 g/mol. The molecule has 1 unspecified atom stereocenters. The van der Waals surface area contributed by atoms with Gasteiger partial charge in [0.1, 0.15) is 0 Å². The summed E-state index contributed by atoms with van der Waals surface area (Å²) in [5.74, 6) is 0.0232. The molecule has 110 valence electrons. The molecule has 2 heterocycles. The Morgan fingerprint density at radius 3 is 2.86 bits per heavy atom. The van der Waals surface area contributed by atoms with Gasteiger partial charge in [-0.05, 0) is 19.1 Å². The second-order valence-corrected chi connectivity index (χ2v) is 5.33. The number of rotatable bonds is 3. The molecule has 2 N–H and O–H groups in total. The molecule has 1 saturated heterocycles. The minimum absolute atomic E-state index is 0.0232. The molecule has 1 fully saturated rings. The molecule has 1 atom stereocenters. The topological polar surface area (TPSA) is 57.3 Å². The number of anilines is 1. The highest BCUT2D eigenvalue weighted by Crippen LogP contribution is 2.21. The molecule has 0 radical (unpaired) electrons. The predicted octanol–water partition coefficient (Wildman–Crippen LogP) is 1.47. The van der Waals surface area contributed by atoms with Gasteiger partial charge in [0.25, 0.3) is 0 Å². The van der Waals surface area contributed by atoms with Gasteiger partial charge < -0.3 is 10.6 Å². The molecule has 21 heavy (non-hydrogen) atoms. The molecule has 5 heteroatoms. The highest BCUT2D eigenvalue weighted by atomic mass is 16.2. The van der Waals surface area contributed by atoms with Gasteiger partial charge >= 0.3 is 0 Å². The molecular formula is C16H20N4O. The van der Waals surface area contributed by atoms with Crippen LogP contribution in [-0.4, -0.2) is 48.0 Å². The summed E-state index contributed by atoms with van der Waals surface area (Å²) in [6.07, 6.45) is 1.75. The summed E-state index contributed by atoms with van der Waals surface area (Å²) in [6.45, 7) is 5.64. The first-order valence-corrected chi connectivity index (χ1v) is 7.35. The van der Waals surface area contributed by atoms with Crippen LogP contribution in [0.25, 0.3) is 10.9 Å². The van der Waals surface area contributed by atoms with Gasteiger partial charge in [-0.1, -0.05) is 18.2 Å². The Morgan fingerprint density at radius 1 is 1.29 bits per heavy atom. The summed E-state index contributed by atoms with van der Waals surface area (Å²) in [5, 5.41) is 7.35. The van der Waals surface area contributed by atoms with Crippen LogP contribution < -0.4 is 10.6 Å². The zero-order valence-electron chi connectivity index (χ0n) is 12.2. The summed E-state index contributed by atoms with van der Waals surface area (Å²) in [7, 11) is 0. The SMILES string of the molecule is CC(C(=O)Nc1cccc2cccnc12)N1CCNCC1. The highest BCUT2D eigenvalue weighted by Gasteiger charge is 2.23. The minimum Gasteiger partial charge on any atom is -0.323 e. The van der Waals surface area contributed by atoms with E-state index in [-0.39, 0.29) is 11.9 Å². The number of carbonyl (C=O) groups is 1. The van der Waals surface area contributed by atoms with Crippen LogP contribution in [0, 0.1) is 0 Å². The summed E-state index contributed by atoms with van der Waals surface area (Å²) in [5.41, 5.74) is 1.61. The standard InChI is InChI=1S/C16H20N4O/c1-12(20-10-8-17-9-11-20)16(21)19-14-6-2-4-13-5-3-7-18-15(13)14/h2-7,12,17H,8-11H2,1H3,(H,19,21). The van der Waals surface area contributed by atoms with E-state index in [1.54, 1.807) is 6.20 Å². The second kappa shape index (κ2) is 6.20. The van der Waals surface area contributed by atoms with Gasteiger partial charge in [-0.2, -0.15) is 0 Å². The van der Waals surface area contributed by atoms with E-state index in [0.29, 0.717) is 0 Å². The lowest BCUT2D eigenvalue weighted by Gasteiger charge is -2.31. The quantitative estimate of drug-likeness (QED) is 0.896. The molecule has 1 aromatic carbocycles. The van der Waals surface area contributed by atoms with Gasteiger partial charge in [-0.25, -0.2) is 0 Å². The molecule has 0 spiro atoms. The minimum atomic E-state index is -0.133. The van der Waals surface area contributed by atoms with Crippen molar-refractivity contribution in [3.8, 4) is 0 Å². The average Bonchev–Trinajstić information content (AvgIpc) is 2.55. The van der Waals surface area contributed by atoms with Gasteiger partial charge in [0.05, 0.1) is 17.2 Å². The molecule has 3 rings (SSSR count). The van der Waals surface area contributed by atoms with E-state index >= 15 is 0 Å². The summed E-state index contributed by atoms with van der Waals surface area (Å²) in [6, 6.07) is 9.60. The average molecular weight is 284 g/mol. The maximum Gasteiger partial charge on any atom is 0.241 e. The molecule has 0 bridgehead atoms. The fourth-order valence-corrected chi connectivity index (χ4v) is 2.68. The van der Waals surface area contributed by atoms with Crippen LogP contribution in [-0.2, 0) is 4.79 Å². The van der Waals surface area contributed by atoms with E-state index in [1.165, 1.54) is 0 Å². The third-order valence-electron chi connectivity index (χ3n) is 3.97. The lowest BCUT2D eigenvalue weighted by atomic mass is 10.1. The van der Waals surface area contributed by atoms with Crippen molar-refractivity contribution in [3.05, 3.63) is 36.5 Å². The number of carbonyl (C=O) groups excluding carboxylic acids is 1. The van der Waals surface area contributed by atoms with Gasteiger partial charge in [0.2, 0.25) is 5.91 Å². The van der Waals surface area contributed by atoms with Crippen molar-refractivity contribution in [1.82, 2.24) is 15.2 Å². The fourth-order valence-electron chi connectivity index (χ4n) is 2.68. The van der Waals surface area contributed by atoms with E-state index in [1.807, 2.05) is 37.3 Å². The van der Waals surface area contributed by atoms with Crippen molar-refractivity contribution in [2.45, 2.75) is 13.0 Å². The lowest BCUT2D eigenvalue weighted by Crippen LogP contribution is -2.51. The number of para-hydroxylation sites is 1. The van der Waals surface area contributed by atoms with E-state index in [2.05, 4.69) is 20.5 Å². The Labute approximate surface area is 124 Å². The molecule has 1 aliphatic heterocycles. The smallest absolute Gasteiger partial charge is 0.241 e. The van der Waals surface area contributed by atoms with Gasteiger partial charge in [0.15, 0.2) is 0 Å². The van der Waals surface area contributed by atoms with Crippen molar-refractivity contribution in [2.75, 3.05) is 31.5 Å². The van der Waals surface area contributed by atoms with Gasteiger partial charge in [0, 0.05) is 37.8 Å². The molecule has 5 nitrogen and oxygen atoms in total. The number of fused-ring (bicyclic) bond motifs is 1. The Morgan fingerprint density at radius 2 is 2.05 bits per heavy atom. The van der Waals surface area contributed by atoms with E-state index < -0.39 is 0 Å². The van der Waals surface area contributed by atoms with E-state index in [9.17, 15) is 4.79 Å².